The van der Waals surface area contributed by atoms with Crippen molar-refractivity contribution >= 4 is 28.9 Å². The standard InChI is InChI=1S/C22H24ClF3N4O/c23-20-19(4-3-7-27-20)21(31)28-16-12-15(22(24,25)26)13-18(14-16)30-10-5-17(6-11-30)29-8-1-2-9-29/h3-4,7,12-14,17H,1-2,5-6,8-11H2,(H,28,31). The topological polar surface area (TPSA) is 48.5 Å². The number of hydrogen-bond donors (Lipinski definition) is 1. The molecule has 0 spiro atoms. The number of nitrogens with one attached hydrogen (secondary N) is 1. The van der Waals surface area contributed by atoms with Crippen molar-refractivity contribution in [3.63, 3.8) is 0 Å². The van der Waals surface area contributed by atoms with Crippen LogP contribution < -0.4 is 10.2 Å². The van der Waals surface area contributed by atoms with Crippen molar-refractivity contribution in [2.45, 2.75) is 37.9 Å². The number of aromatic nitrogens is 1. The molecule has 3 heterocycles. The first-order valence-electron chi connectivity index (χ1n) is 10.4. The van der Waals surface area contributed by atoms with Crippen molar-refractivity contribution in [1.82, 2.24) is 9.88 Å². The number of alkyl halides is 3. The molecule has 2 aromatic rings. The lowest BCUT2D eigenvalue weighted by Crippen LogP contribution is -2.43. The molecule has 4 rings (SSSR count). The van der Waals surface area contributed by atoms with Gasteiger partial charge < -0.3 is 15.1 Å². The quantitative estimate of drug-likeness (QED) is 0.658. The third-order valence-corrected chi connectivity index (χ3v) is 6.29. The lowest BCUT2D eigenvalue weighted by atomic mass is 10.0. The van der Waals surface area contributed by atoms with Gasteiger partial charge in [0.25, 0.3) is 5.91 Å². The molecule has 0 atom stereocenters. The maximum Gasteiger partial charge on any atom is 0.416 e. The second kappa shape index (κ2) is 9.04. The number of carbonyl (C=O) groups is 1. The molecule has 166 valence electrons. The average Bonchev–Trinajstić information content (AvgIpc) is 3.28. The lowest BCUT2D eigenvalue weighted by molar-refractivity contribution is -0.137. The van der Waals surface area contributed by atoms with E-state index in [0.29, 0.717) is 24.8 Å². The van der Waals surface area contributed by atoms with Crippen molar-refractivity contribution in [2.75, 3.05) is 36.4 Å². The molecule has 9 heteroatoms. The number of rotatable bonds is 4. The van der Waals surface area contributed by atoms with Crippen LogP contribution in [0.2, 0.25) is 5.15 Å². The molecule has 0 radical (unpaired) electrons. The van der Waals surface area contributed by atoms with Crippen molar-refractivity contribution in [3.8, 4) is 0 Å². The first-order chi connectivity index (χ1) is 14.8. The van der Waals surface area contributed by atoms with E-state index >= 15 is 0 Å². The van der Waals surface area contributed by atoms with E-state index in [4.69, 9.17) is 11.6 Å². The fourth-order valence-electron chi connectivity index (χ4n) is 4.38. The van der Waals surface area contributed by atoms with E-state index in [2.05, 4.69) is 15.2 Å². The summed E-state index contributed by atoms with van der Waals surface area (Å²) in [6.07, 6.45) is 1.20. The molecule has 1 aromatic carbocycles. The molecule has 1 N–H and O–H groups in total. The van der Waals surface area contributed by atoms with Crippen LogP contribution in [0.5, 0.6) is 0 Å². The molecule has 2 aliphatic heterocycles. The fraction of sp³-hybridized carbons (Fsp3) is 0.455. The van der Waals surface area contributed by atoms with Crippen LogP contribution in [0.3, 0.4) is 0 Å². The van der Waals surface area contributed by atoms with Crippen molar-refractivity contribution in [1.29, 1.82) is 0 Å². The van der Waals surface area contributed by atoms with Gasteiger partial charge in [-0.15, -0.1) is 0 Å². The van der Waals surface area contributed by atoms with Gasteiger partial charge in [-0.1, -0.05) is 11.6 Å². The van der Waals surface area contributed by atoms with E-state index in [1.54, 1.807) is 12.1 Å². The van der Waals surface area contributed by atoms with Crippen molar-refractivity contribution < 1.29 is 18.0 Å². The van der Waals surface area contributed by atoms with Crippen LogP contribution in [0.4, 0.5) is 24.5 Å². The third-order valence-electron chi connectivity index (χ3n) is 5.99. The van der Waals surface area contributed by atoms with Crippen molar-refractivity contribution in [3.05, 3.63) is 52.8 Å². The first-order valence-corrected chi connectivity index (χ1v) is 10.8. The maximum absolute atomic E-state index is 13.5. The predicted octanol–water partition coefficient (Wildman–Crippen LogP) is 5.07. The smallest absolute Gasteiger partial charge is 0.371 e. The van der Waals surface area contributed by atoms with Gasteiger partial charge in [0.15, 0.2) is 0 Å². The second-order valence-corrected chi connectivity index (χ2v) is 8.38. The Bertz CT molecular complexity index is 939. The van der Waals surface area contributed by atoms with E-state index < -0.39 is 17.6 Å². The molecule has 5 nitrogen and oxygen atoms in total. The van der Waals surface area contributed by atoms with Crippen LogP contribution in [0.15, 0.2) is 36.5 Å². The van der Waals surface area contributed by atoms with Crippen LogP contribution in [-0.2, 0) is 6.18 Å². The van der Waals surface area contributed by atoms with E-state index in [1.165, 1.54) is 25.1 Å². The molecule has 2 saturated heterocycles. The minimum absolute atomic E-state index is 0.00353. The number of piperidine rings is 1. The number of halogens is 4. The Hall–Kier alpha value is -2.32. The Kier molecular flexibility index (Phi) is 6.39. The number of amides is 1. The average molecular weight is 453 g/mol. The Morgan fingerprint density at radius 1 is 1.10 bits per heavy atom. The van der Waals surface area contributed by atoms with Gasteiger partial charge in [0.2, 0.25) is 0 Å². The SMILES string of the molecule is O=C(Nc1cc(N2CCC(N3CCCC3)CC2)cc(C(F)(F)F)c1)c1cccnc1Cl. The second-order valence-electron chi connectivity index (χ2n) is 8.02. The van der Waals surface area contributed by atoms with Gasteiger partial charge in [-0.2, -0.15) is 13.2 Å². The van der Waals surface area contributed by atoms with Crippen LogP contribution in [0, 0.1) is 0 Å². The first kappa shape index (κ1) is 21.9. The summed E-state index contributed by atoms with van der Waals surface area (Å²) < 4.78 is 40.6. The van der Waals surface area contributed by atoms with Crippen LogP contribution in [0.25, 0.3) is 0 Å². The molecular formula is C22H24ClF3N4O. The van der Waals surface area contributed by atoms with Gasteiger partial charge >= 0.3 is 6.18 Å². The highest BCUT2D eigenvalue weighted by molar-refractivity contribution is 6.33. The molecule has 2 aliphatic rings. The Morgan fingerprint density at radius 2 is 1.81 bits per heavy atom. The summed E-state index contributed by atoms with van der Waals surface area (Å²) in [6.45, 7) is 3.59. The molecule has 0 unspecified atom stereocenters. The minimum Gasteiger partial charge on any atom is -0.371 e. The van der Waals surface area contributed by atoms with Crippen molar-refractivity contribution in [2.24, 2.45) is 0 Å². The zero-order chi connectivity index (χ0) is 22.0. The molecule has 2 fully saturated rings. The fourth-order valence-corrected chi connectivity index (χ4v) is 4.58. The number of hydrogen-bond acceptors (Lipinski definition) is 4. The predicted molar refractivity (Wildman–Crippen MR) is 115 cm³/mol. The monoisotopic (exact) mass is 452 g/mol. The molecular weight excluding hydrogens is 429 g/mol. The molecule has 0 saturated carbocycles. The van der Waals surface area contributed by atoms with Crippen LogP contribution in [-0.4, -0.2) is 48.0 Å². The number of carbonyl (C=O) groups excluding carboxylic acids is 1. The van der Waals surface area contributed by atoms with Crippen LogP contribution >= 0.6 is 11.6 Å². The summed E-state index contributed by atoms with van der Waals surface area (Å²) in [6, 6.07) is 7.21. The van der Waals surface area contributed by atoms with E-state index in [9.17, 15) is 18.0 Å². The molecule has 31 heavy (non-hydrogen) atoms. The zero-order valence-corrected chi connectivity index (χ0v) is 17.7. The molecule has 0 aliphatic carbocycles. The van der Waals surface area contributed by atoms with Gasteiger partial charge in [0.1, 0.15) is 5.15 Å². The summed E-state index contributed by atoms with van der Waals surface area (Å²) in [5.41, 5.74) is -0.146. The summed E-state index contributed by atoms with van der Waals surface area (Å²) in [7, 11) is 0. The summed E-state index contributed by atoms with van der Waals surface area (Å²) in [4.78, 5) is 20.8. The number of pyridine rings is 1. The highest BCUT2D eigenvalue weighted by Crippen LogP contribution is 2.36. The Morgan fingerprint density at radius 3 is 2.45 bits per heavy atom. The van der Waals surface area contributed by atoms with Crippen LogP contribution in [0.1, 0.15) is 41.6 Å². The summed E-state index contributed by atoms with van der Waals surface area (Å²) in [5.74, 6) is -0.601. The largest absolute Gasteiger partial charge is 0.416 e. The molecule has 1 aromatic heterocycles. The third kappa shape index (κ3) is 5.13. The minimum atomic E-state index is -4.52. The van der Waals surface area contributed by atoms with E-state index in [1.807, 2.05) is 4.90 Å². The molecule has 0 bridgehead atoms. The van der Waals surface area contributed by atoms with Gasteiger partial charge in [-0.3, -0.25) is 4.79 Å². The van der Waals surface area contributed by atoms with E-state index in [0.717, 1.165) is 38.1 Å². The summed E-state index contributed by atoms with van der Waals surface area (Å²) in [5, 5.41) is 2.54. The maximum atomic E-state index is 13.5. The number of nitrogens with zero attached hydrogens (tertiary/aromatic N) is 3. The van der Waals surface area contributed by atoms with E-state index in [-0.39, 0.29) is 16.4 Å². The van der Waals surface area contributed by atoms with Gasteiger partial charge in [-0.25, -0.2) is 4.98 Å². The number of anilines is 2. The Balaban J connectivity index is 1.54. The number of benzene rings is 1. The highest BCUT2D eigenvalue weighted by atomic mass is 35.5. The highest BCUT2D eigenvalue weighted by Gasteiger charge is 2.33. The molecule has 1 amide bonds. The lowest BCUT2D eigenvalue weighted by Gasteiger charge is -2.38. The zero-order valence-electron chi connectivity index (χ0n) is 17.0. The normalized spacial score (nSPS) is 18.4. The Labute approximate surface area is 184 Å². The van der Waals surface area contributed by atoms with Gasteiger partial charge in [-0.05, 0) is 69.1 Å². The van der Waals surface area contributed by atoms with Gasteiger partial charge in [0.05, 0.1) is 11.1 Å². The summed E-state index contributed by atoms with van der Waals surface area (Å²) >= 11 is 5.95. The number of likely N-dealkylation sites (tertiary alicyclic amines) is 1. The van der Waals surface area contributed by atoms with Gasteiger partial charge in [0, 0.05) is 36.7 Å².